The molecule has 4 nitrogen and oxygen atoms in total. The molecule has 0 aliphatic rings. The molecular weight excluding hydrogens is 349 g/mol. The molecule has 0 aliphatic heterocycles. The molecule has 0 aromatic heterocycles. The number of nitrogens with one attached hydrogen (secondary N) is 1. The van der Waals surface area contributed by atoms with Gasteiger partial charge in [0.2, 0.25) is 10.0 Å². The Kier molecular flexibility index (Phi) is 7.08. The minimum absolute atomic E-state index is 0.0271. The Bertz CT molecular complexity index is 530. The fourth-order valence-electron chi connectivity index (χ4n) is 1.89. The van der Waals surface area contributed by atoms with E-state index in [2.05, 4.69) is 20.7 Å². The summed E-state index contributed by atoms with van der Waals surface area (Å²) in [6.07, 6.45) is 2.29. The van der Waals surface area contributed by atoms with Crippen LogP contribution < -0.4 is 4.72 Å². The molecule has 7 heteroatoms. The zero-order chi connectivity index (χ0) is 15.2. The third-order valence-electron chi connectivity index (χ3n) is 3.00. The molecule has 2 N–H and O–H groups in total. The van der Waals surface area contributed by atoms with Crippen molar-refractivity contribution in [3.05, 3.63) is 28.5 Å². The van der Waals surface area contributed by atoms with E-state index in [1.165, 1.54) is 12.1 Å². The van der Waals surface area contributed by atoms with Gasteiger partial charge in [0.1, 0.15) is 5.82 Å². The highest BCUT2D eigenvalue weighted by Gasteiger charge is 2.17. The molecule has 0 fully saturated rings. The molecule has 20 heavy (non-hydrogen) atoms. The second-order valence-corrected chi connectivity index (χ2v) is 7.22. The van der Waals surface area contributed by atoms with Crippen LogP contribution in [0, 0.1) is 11.7 Å². The van der Waals surface area contributed by atoms with Gasteiger partial charge >= 0.3 is 0 Å². The molecule has 0 spiro atoms. The van der Waals surface area contributed by atoms with Crippen LogP contribution in [0.3, 0.4) is 0 Å². The minimum atomic E-state index is -3.72. The Labute approximate surface area is 127 Å². The molecule has 0 saturated heterocycles. The molecule has 1 aromatic carbocycles. The molecule has 0 heterocycles. The molecule has 1 atom stereocenters. The van der Waals surface area contributed by atoms with Gasteiger partial charge in [-0.05, 0) is 52.9 Å². The van der Waals surface area contributed by atoms with E-state index in [4.69, 9.17) is 5.11 Å². The van der Waals surface area contributed by atoms with Crippen LogP contribution in [0.2, 0.25) is 0 Å². The zero-order valence-corrected chi connectivity index (χ0v) is 13.7. The average Bonchev–Trinajstić information content (AvgIpc) is 2.39. The fourth-order valence-corrected chi connectivity index (χ4v) is 3.27. The fraction of sp³-hybridized carbons (Fsp3) is 0.538. The van der Waals surface area contributed by atoms with Crippen molar-refractivity contribution >= 4 is 26.0 Å². The van der Waals surface area contributed by atoms with Crippen molar-refractivity contribution in [1.29, 1.82) is 0 Å². The van der Waals surface area contributed by atoms with E-state index in [1.54, 1.807) is 0 Å². The molecule has 0 bridgehead atoms. The second-order valence-electron chi connectivity index (χ2n) is 4.59. The van der Waals surface area contributed by atoms with E-state index < -0.39 is 15.8 Å². The summed E-state index contributed by atoms with van der Waals surface area (Å²) in [5, 5.41) is 8.94. The van der Waals surface area contributed by atoms with Crippen LogP contribution in [0.4, 0.5) is 4.39 Å². The summed E-state index contributed by atoms with van der Waals surface area (Å²) >= 11 is 2.98. The third-order valence-corrected chi connectivity index (χ3v) is 5.06. The van der Waals surface area contributed by atoms with Gasteiger partial charge in [-0.3, -0.25) is 0 Å². The van der Waals surface area contributed by atoms with E-state index in [1.807, 2.05) is 6.92 Å². The van der Waals surface area contributed by atoms with Gasteiger partial charge in [-0.1, -0.05) is 13.3 Å². The van der Waals surface area contributed by atoms with Crippen molar-refractivity contribution in [2.24, 2.45) is 5.92 Å². The summed E-state index contributed by atoms with van der Waals surface area (Å²) in [6, 6.07) is 3.69. The number of hydrogen-bond acceptors (Lipinski definition) is 3. The lowest BCUT2D eigenvalue weighted by Gasteiger charge is -2.16. The van der Waals surface area contributed by atoms with Gasteiger partial charge in [0, 0.05) is 13.2 Å². The van der Waals surface area contributed by atoms with Crippen LogP contribution >= 0.6 is 15.9 Å². The molecule has 1 rings (SSSR count). The smallest absolute Gasteiger partial charge is 0.240 e. The molecule has 114 valence electrons. The van der Waals surface area contributed by atoms with Gasteiger partial charge in [-0.2, -0.15) is 0 Å². The number of aliphatic hydroxyl groups excluding tert-OH is 1. The van der Waals surface area contributed by atoms with Gasteiger partial charge < -0.3 is 5.11 Å². The summed E-state index contributed by atoms with van der Waals surface area (Å²) in [5.41, 5.74) is 0. The Morgan fingerprint density at radius 3 is 2.65 bits per heavy atom. The molecule has 1 aromatic rings. The lowest BCUT2D eigenvalue weighted by atomic mass is 10.0. The van der Waals surface area contributed by atoms with Gasteiger partial charge in [0.25, 0.3) is 0 Å². The van der Waals surface area contributed by atoms with Crippen molar-refractivity contribution in [3.8, 4) is 0 Å². The summed E-state index contributed by atoms with van der Waals surface area (Å²) in [5.74, 6) is -0.534. The van der Waals surface area contributed by atoms with Crippen molar-refractivity contribution < 1.29 is 17.9 Å². The first kappa shape index (κ1) is 17.6. The van der Waals surface area contributed by atoms with Crippen LogP contribution in [0.25, 0.3) is 0 Å². The number of halogens is 2. The predicted octanol–water partition coefficient (Wildman–Crippen LogP) is 2.67. The lowest BCUT2D eigenvalue weighted by molar-refractivity contribution is 0.251. The highest BCUT2D eigenvalue weighted by Crippen LogP contribution is 2.19. The van der Waals surface area contributed by atoms with Crippen LogP contribution in [0.5, 0.6) is 0 Å². The van der Waals surface area contributed by atoms with Gasteiger partial charge in [-0.15, -0.1) is 0 Å². The maximum atomic E-state index is 13.4. The number of rotatable bonds is 8. The van der Waals surface area contributed by atoms with Crippen molar-refractivity contribution in [2.45, 2.75) is 31.1 Å². The largest absolute Gasteiger partial charge is 0.396 e. The van der Waals surface area contributed by atoms with Crippen LogP contribution in [0.1, 0.15) is 26.2 Å². The molecule has 0 amide bonds. The molecule has 0 saturated carbocycles. The monoisotopic (exact) mass is 367 g/mol. The zero-order valence-electron chi connectivity index (χ0n) is 11.3. The van der Waals surface area contributed by atoms with Gasteiger partial charge in [0.15, 0.2) is 0 Å². The summed E-state index contributed by atoms with van der Waals surface area (Å²) in [6.45, 7) is 2.27. The summed E-state index contributed by atoms with van der Waals surface area (Å²) in [4.78, 5) is -0.0996. The van der Waals surface area contributed by atoms with E-state index >= 15 is 0 Å². The van der Waals surface area contributed by atoms with E-state index in [0.717, 1.165) is 18.9 Å². The van der Waals surface area contributed by atoms with Crippen LogP contribution in [-0.2, 0) is 10.0 Å². The first-order chi connectivity index (χ1) is 9.40. The Morgan fingerprint density at radius 2 is 2.10 bits per heavy atom. The maximum Gasteiger partial charge on any atom is 0.240 e. The summed E-state index contributed by atoms with van der Waals surface area (Å²) in [7, 11) is -3.72. The SMILES string of the molecule is CCCC(CCO)CNS(=O)(=O)c1ccc(Br)c(F)c1. The van der Waals surface area contributed by atoms with Gasteiger partial charge in [0.05, 0.1) is 9.37 Å². The molecule has 0 aliphatic carbocycles. The topological polar surface area (TPSA) is 66.4 Å². The Hall–Kier alpha value is -0.500. The first-order valence-corrected chi connectivity index (χ1v) is 8.74. The number of benzene rings is 1. The third kappa shape index (κ3) is 5.12. The highest BCUT2D eigenvalue weighted by atomic mass is 79.9. The van der Waals surface area contributed by atoms with Crippen LogP contribution in [-0.4, -0.2) is 26.7 Å². The quantitative estimate of drug-likeness (QED) is 0.742. The van der Waals surface area contributed by atoms with E-state index in [0.29, 0.717) is 6.42 Å². The van der Waals surface area contributed by atoms with Crippen molar-refractivity contribution in [1.82, 2.24) is 4.72 Å². The lowest BCUT2D eigenvalue weighted by Crippen LogP contribution is -2.30. The van der Waals surface area contributed by atoms with Crippen molar-refractivity contribution in [2.75, 3.05) is 13.2 Å². The van der Waals surface area contributed by atoms with E-state index in [-0.39, 0.29) is 28.4 Å². The van der Waals surface area contributed by atoms with Crippen molar-refractivity contribution in [3.63, 3.8) is 0 Å². The number of hydrogen-bond donors (Lipinski definition) is 2. The average molecular weight is 368 g/mol. The molecular formula is C13H19BrFNO3S. The first-order valence-electron chi connectivity index (χ1n) is 6.46. The number of sulfonamides is 1. The minimum Gasteiger partial charge on any atom is -0.396 e. The Morgan fingerprint density at radius 1 is 1.40 bits per heavy atom. The molecule has 1 unspecified atom stereocenters. The van der Waals surface area contributed by atoms with Gasteiger partial charge in [-0.25, -0.2) is 17.5 Å². The highest BCUT2D eigenvalue weighted by molar-refractivity contribution is 9.10. The Balaban J connectivity index is 2.75. The maximum absolute atomic E-state index is 13.4. The second kappa shape index (κ2) is 8.07. The molecule has 0 radical (unpaired) electrons. The normalized spacial score (nSPS) is 13.4. The van der Waals surface area contributed by atoms with Crippen LogP contribution in [0.15, 0.2) is 27.6 Å². The van der Waals surface area contributed by atoms with E-state index in [9.17, 15) is 12.8 Å². The number of aliphatic hydroxyl groups is 1. The summed E-state index contributed by atoms with van der Waals surface area (Å²) < 4.78 is 40.2. The predicted molar refractivity (Wildman–Crippen MR) is 79.4 cm³/mol. The standard InChI is InChI=1S/C13H19BrFNO3S/c1-2-3-10(6-7-17)9-16-20(18,19)11-4-5-12(14)13(15)8-11/h4-5,8,10,16-17H,2-3,6-7,9H2,1H3.